The van der Waals surface area contributed by atoms with Crippen LogP contribution in [0.5, 0.6) is 0 Å². The zero-order valence-corrected chi connectivity index (χ0v) is 17.1. The van der Waals surface area contributed by atoms with E-state index in [1.54, 1.807) is 49.5 Å². The van der Waals surface area contributed by atoms with Gasteiger partial charge >= 0.3 is 12.0 Å². The zero-order chi connectivity index (χ0) is 22.5. The highest BCUT2D eigenvalue weighted by molar-refractivity contribution is 6.01. The number of hydrogen-bond acceptors (Lipinski definition) is 5. The molecule has 2 aromatic carbocycles. The van der Waals surface area contributed by atoms with E-state index in [0.717, 1.165) is 11.4 Å². The molecule has 0 aliphatic carbocycles. The summed E-state index contributed by atoms with van der Waals surface area (Å²) in [5.41, 5.74) is 3.99. The van der Waals surface area contributed by atoms with E-state index >= 15 is 0 Å². The molecule has 2 heterocycles. The van der Waals surface area contributed by atoms with Gasteiger partial charge in [-0.15, -0.1) is 0 Å². The van der Waals surface area contributed by atoms with E-state index < -0.39 is 12.0 Å². The van der Waals surface area contributed by atoms with E-state index in [1.807, 2.05) is 24.4 Å². The average Bonchev–Trinajstić information content (AvgIpc) is 3.30. The predicted octanol–water partition coefficient (Wildman–Crippen LogP) is 4.87. The van der Waals surface area contributed by atoms with E-state index in [9.17, 15) is 14.7 Å². The Kier molecular flexibility index (Phi) is 5.80. The van der Waals surface area contributed by atoms with Crippen LogP contribution in [0.2, 0.25) is 0 Å². The summed E-state index contributed by atoms with van der Waals surface area (Å²) in [4.78, 5) is 35.5. The van der Waals surface area contributed by atoms with Crippen molar-refractivity contribution in [2.75, 3.05) is 16.0 Å². The molecule has 2 amide bonds. The Morgan fingerprint density at radius 1 is 0.938 bits per heavy atom. The molecule has 0 spiro atoms. The highest BCUT2D eigenvalue weighted by Gasteiger charge is 2.10. The summed E-state index contributed by atoms with van der Waals surface area (Å²) in [5.74, 6) is -0.632. The SMILES string of the molecule is Cc1ccc(NC(=O)Nc2cccc(Nc3nccc(-c4ccc[nH]4)n3)c2)cc1C(=O)O. The maximum Gasteiger partial charge on any atom is 0.336 e. The van der Waals surface area contributed by atoms with Gasteiger partial charge < -0.3 is 26.0 Å². The van der Waals surface area contributed by atoms with Crippen LogP contribution in [-0.4, -0.2) is 32.1 Å². The first kappa shape index (κ1) is 20.6. The lowest BCUT2D eigenvalue weighted by Gasteiger charge is -2.11. The Hall–Kier alpha value is -4.66. The minimum absolute atomic E-state index is 0.135. The number of aromatic amines is 1. The lowest BCUT2D eigenvalue weighted by atomic mass is 10.1. The molecule has 0 atom stereocenters. The number of aryl methyl sites for hydroxylation is 1. The number of carboxylic acid groups (broad SMARTS) is 1. The van der Waals surface area contributed by atoms with Gasteiger partial charge in [0.05, 0.1) is 17.0 Å². The number of urea groups is 1. The highest BCUT2D eigenvalue weighted by atomic mass is 16.4. The van der Waals surface area contributed by atoms with Gasteiger partial charge in [0.1, 0.15) is 0 Å². The van der Waals surface area contributed by atoms with Crippen LogP contribution in [-0.2, 0) is 0 Å². The van der Waals surface area contributed by atoms with Gasteiger partial charge in [-0.1, -0.05) is 12.1 Å². The van der Waals surface area contributed by atoms with Crippen molar-refractivity contribution in [3.8, 4) is 11.4 Å². The maximum atomic E-state index is 12.4. The van der Waals surface area contributed by atoms with Crippen LogP contribution in [0.3, 0.4) is 0 Å². The Morgan fingerprint density at radius 3 is 2.47 bits per heavy atom. The normalized spacial score (nSPS) is 10.4. The van der Waals surface area contributed by atoms with E-state index in [4.69, 9.17) is 0 Å². The number of carbonyl (C=O) groups is 2. The molecule has 0 saturated heterocycles. The second-order valence-corrected chi connectivity index (χ2v) is 6.97. The first-order valence-corrected chi connectivity index (χ1v) is 9.74. The molecule has 0 aliphatic rings. The topological polar surface area (TPSA) is 132 Å². The fourth-order valence-corrected chi connectivity index (χ4v) is 3.09. The number of amides is 2. The van der Waals surface area contributed by atoms with Gasteiger partial charge in [-0.2, -0.15) is 0 Å². The van der Waals surface area contributed by atoms with Gasteiger partial charge in [-0.05, 0) is 61.0 Å². The van der Waals surface area contributed by atoms with Crippen LogP contribution in [0, 0.1) is 6.92 Å². The molecule has 0 radical (unpaired) electrons. The predicted molar refractivity (Wildman–Crippen MR) is 122 cm³/mol. The molecule has 9 nitrogen and oxygen atoms in total. The van der Waals surface area contributed by atoms with Crippen molar-refractivity contribution in [2.24, 2.45) is 0 Å². The molecule has 2 aromatic heterocycles. The Labute approximate surface area is 183 Å². The van der Waals surface area contributed by atoms with E-state index in [1.165, 1.54) is 6.07 Å². The Bertz CT molecular complexity index is 1270. The van der Waals surface area contributed by atoms with Gasteiger partial charge in [-0.25, -0.2) is 19.6 Å². The molecule has 9 heteroatoms. The number of carbonyl (C=O) groups excluding carboxylic acids is 1. The summed E-state index contributed by atoms with van der Waals surface area (Å²) in [6, 6.07) is 16.9. The number of nitrogens with one attached hydrogen (secondary N) is 4. The van der Waals surface area contributed by atoms with Crippen LogP contribution in [0.4, 0.5) is 27.8 Å². The highest BCUT2D eigenvalue weighted by Crippen LogP contribution is 2.21. The lowest BCUT2D eigenvalue weighted by Crippen LogP contribution is -2.19. The summed E-state index contributed by atoms with van der Waals surface area (Å²) in [6.07, 6.45) is 3.48. The second kappa shape index (κ2) is 9.00. The summed E-state index contributed by atoms with van der Waals surface area (Å²) < 4.78 is 0. The third kappa shape index (κ3) is 4.90. The molecule has 0 bridgehead atoms. The zero-order valence-electron chi connectivity index (χ0n) is 17.1. The van der Waals surface area contributed by atoms with Crippen molar-refractivity contribution >= 4 is 35.0 Å². The third-order valence-corrected chi connectivity index (χ3v) is 4.63. The molecule has 5 N–H and O–H groups in total. The first-order valence-electron chi connectivity index (χ1n) is 9.74. The minimum Gasteiger partial charge on any atom is -0.478 e. The van der Waals surface area contributed by atoms with Crippen LogP contribution in [0.25, 0.3) is 11.4 Å². The number of carboxylic acids is 1. The lowest BCUT2D eigenvalue weighted by molar-refractivity contribution is 0.0696. The molecule has 4 rings (SSSR count). The number of H-pyrrole nitrogens is 1. The molecular weight excluding hydrogens is 408 g/mol. The van der Waals surface area contributed by atoms with Crippen molar-refractivity contribution < 1.29 is 14.7 Å². The number of anilines is 4. The molecule has 0 saturated carbocycles. The van der Waals surface area contributed by atoms with Crippen LogP contribution < -0.4 is 16.0 Å². The summed E-state index contributed by atoms with van der Waals surface area (Å²) in [6.45, 7) is 1.70. The number of hydrogen-bond donors (Lipinski definition) is 5. The molecule has 4 aromatic rings. The van der Waals surface area contributed by atoms with Gasteiger partial charge in [0.25, 0.3) is 0 Å². The number of aromatic carboxylic acids is 1. The molecule has 0 aliphatic heterocycles. The number of nitrogens with zero attached hydrogens (tertiary/aromatic N) is 2. The van der Waals surface area contributed by atoms with E-state index in [-0.39, 0.29) is 5.56 Å². The number of rotatable bonds is 6. The average molecular weight is 428 g/mol. The molecular formula is C23H20N6O3. The Balaban J connectivity index is 1.43. The summed E-state index contributed by atoms with van der Waals surface area (Å²) in [7, 11) is 0. The molecule has 32 heavy (non-hydrogen) atoms. The summed E-state index contributed by atoms with van der Waals surface area (Å²) in [5, 5.41) is 17.7. The van der Waals surface area contributed by atoms with Crippen molar-refractivity contribution in [1.29, 1.82) is 0 Å². The number of aromatic nitrogens is 3. The van der Waals surface area contributed by atoms with Crippen LogP contribution >= 0.6 is 0 Å². The second-order valence-electron chi connectivity index (χ2n) is 6.97. The fraction of sp³-hybridized carbons (Fsp3) is 0.0435. The van der Waals surface area contributed by atoms with Crippen molar-refractivity contribution in [3.05, 3.63) is 84.2 Å². The molecule has 0 fully saturated rings. The smallest absolute Gasteiger partial charge is 0.336 e. The monoisotopic (exact) mass is 428 g/mol. The van der Waals surface area contributed by atoms with E-state index in [2.05, 4.69) is 30.9 Å². The minimum atomic E-state index is -1.05. The molecule has 0 unspecified atom stereocenters. The standard InChI is InChI=1S/C23H20N6O3/c1-14-7-8-17(13-18(14)21(30)31)28-23(32)27-16-5-2-4-15(12-16)26-22-25-11-9-20(29-22)19-6-3-10-24-19/h2-13,24H,1H3,(H,30,31)(H,25,26,29)(H2,27,28,32). The van der Waals surface area contributed by atoms with Crippen molar-refractivity contribution in [1.82, 2.24) is 15.0 Å². The van der Waals surface area contributed by atoms with Gasteiger partial charge in [0.15, 0.2) is 0 Å². The van der Waals surface area contributed by atoms with Gasteiger partial charge in [-0.3, -0.25) is 0 Å². The first-order chi connectivity index (χ1) is 15.5. The van der Waals surface area contributed by atoms with Crippen LogP contribution in [0.1, 0.15) is 15.9 Å². The fourth-order valence-electron chi connectivity index (χ4n) is 3.09. The quantitative estimate of drug-likeness (QED) is 0.298. The maximum absolute atomic E-state index is 12.4. The van der Waals surface area contributed by atoms with Gasteiger partial charge in [0.2, 0.25) is 5.95 Å². The number of benzene rings is 2. The van der Waals surface area contributed by atoms with Gasteiger partial charge in [0, 0.05) is 29.5 Å². The summed E-state index contributed by atoms with van der Waals surface area (Å²) >= 11 is 0. The molecule has 160 valence electrons. The largest absolute Gasteiger partial charge is 0.478 e. The third-order valence-electron chi connectivity index (χ3n) is 4.63. The van der Waals surface area contributed by atoms with Crippen molar-refractivity contribution in [2.45, 2.75) is 6.92 Å². The van der Waals surface area contributed by atoms with Crippen molar-refractivity contribution in [3.63, 3.8) is 0 Å². The van der Waals surface area contributed by atoms with Crippen LogP contribution in [0.15, 0.2) is 73.1 Å². The van der Waals surface area contributed by atoms with E-state index in [0.29, 0.717) is 28.6 Å². The Morgan fingerprint density at radius 2 is 1.72 bits per heavy atom.